The Kier molecular flexibility index (Phi) is 6.11. The topological polar surface area (TPSA) is 41.6 Å². The predicted octanol–water partition coefficient (Wildman–Crippen LogP) is 5.23. The Morgan fingerprint density at radius 2 is 2.18 bits per heavy atom. The molecule has 0 aliphatic rings. The van der Waals surface area contributed by atoms with Gasteiger partial charge in [-0.05, 0) is 37.3 Å². The molecule has 0 atom stereocenters. The molecule has 1 heterocycles. The molecule has 2 amide bonds. The molecule has 0 saturated carbocycles. The van der Waals surface area contributed by atoms with Crippen molar-refractivity contribution in [2.24, 2.45) is 0 Å². The number of carbonyl (C=O) groups is 1. The number of thiophene rings is 1. The number of anilines is 1. The first-order valence-corrected chi connectivity index (χ1v) is 8.66. The van der Waals surface area contributed by atoms with E-state index in [0.717, 1.165) is 13.7 Å². The van der Waals surface area contributed by atoms with Crippen LogP contribution in [0.15, 0.2) is 34.8 Å². The molecule has 118 valence electrons. The van der Waals surface area contributed by atoms with Crippen molar-refractivity contribution in [3.63, 3.8) is 0 Å². The third-order valence-corrected chi connectivity index (χ3v) is 4.76. The molecular formula is C15H16BrClN2O2S. The Morgan fingerprint density at radius 1 is 1.41 bits per heavy atom. The Labute approximate surface area is 147 Å². The van der Waals surface area contributed by atoms with Crippen molar-refractivity contribution >= 4 is 50.6 Å². The van der Waals surface area contributed by atoms with Crippen LogP contribution < -0.4 is 10.1 Å². The highest BCUT2D eigenvalue weighted by atomic mass is 79.9. The van der Waals surface area contributed by atoms with Crippen LogP contribution in [-0.2, 0) is 6.54 Å². The molecule has 0 unspecified atom stereocenters. The first-order chi connectivity index (χ1) is 10.5. The van der Waals surface area contributed by atoms with Gasteiger partial charge in [0.1, 0.15) is 5.75 Å². The van der Waals surface area contributed by atoms with E-state index in [1.54, 1.807) is 18.1 Å². The molecule has 1 N–H and O–H groups in total. The Hall–Kier alpha value is -1.24. The molecule has 4 nitrogen and oxygen atoms in total. The zero-order chi connectivity index (χ0) is 16.1. The average molecular weight is 404 g/mol. The summed E-state index contributed by atoms with van der Waals surface area (Å²) >= 11 is 10.8. The van der Waals surface area contributed by atoms with Gasteiger partial charge in [-0.3, -0.25) is 0 Å². The predicted molar refractivity (Wildman–Crippen MR) is 95.1 cm³/mol. The molecule has 0 spiro atoms. The van der Waals surface area contributed by atoms with Gasteiger partial charge in [0, 0.05) is 15.9 Å². The van der Waals surface area contributed by atoms with Gasteiger partial charge in [-0.15, -0.1) is 11.3 Å². The zero-order valence-electron chi connectivity index (χ0n) is 12.2. The second-order valence-electron chi connectivity index (χ2n) is 4.49. The summed E-state index contributed by atoms with van der Waals surface area (Å²) in [7, 11) is 1.57. The Bertz CT molecular complexity index is 663. The second kappa shape index (κ2) is 7.85. The number of hydrogen-bond acceptors (Lipinski definition) is 3. The van der Waals surface area contributed by atoms with Crippen molar-refractivity contribution in [3.8, 4) is 5.75 Å². The summed E-state index contributed by atoms with van der Waals surface area (Å²) in [5, 5.41) is 2.88. The number of halogens is 2. The summed E-state index contributed by atoms with van der Waals surface area (Å²) in [6.07, 6.45) is 0. The molecule has 2 aromatic rings. The summed E-state index contributed by atoms with van der Waals surface area (Å²) < 4.78 is 6.86. The van der Waals surface area contributed by atoms with Crippen LogP contribution in [-0.4, -0.2) is 24.6 Å². The number of nitrogens with zero attached hydrogens (tertiary/aromatic N) is 1. The van der Waals surface area contributed by atoms with Gasteiger partial charge in [0.2, 0.25) is 0 Å². The molecule has 2 rings (SSSR count). The van der Waals surface area contributed by atoms with Crippen LogP contribution in [0.4, 0.5) is 10.5 Å². The van der Waals surface area contributed by atoms with E-state index in [0.29, 0.717) is 24.5 Å². The normalized spacial score (nSPS) is 10.4. The van der Waals surface area contributed by atoms with Crippen molar-refractivity contribution in [2.45, 2.75) is 13.5 Å². The molecule has 0 radical (unpaired) electrons. The molecule has 1 aromatic carbocycles. The van der Waals surface area contributed by atoms with Crippen LogP contribution in [0.3, 0.4) is 0 Å². The highest BCUT2D eigenvalue weighted by Crippen LogP contribution is 2.28. The van der Waals surface area contributed by atoms with Crippen LogP contribution >= 0.6 is 38.9 Å². The van der Waals surface area contributed by atoms with Crippen LogP contribution in [0, 0.1) is 0 Å². The molecular weight excluding hydrogens is 388 g/mol. The first-order valence-electron chi connectivity index (χ1n) is 6.67. The monoisotopic (exact) mass is 402 g/mol. The molecule has 1 aromatic heterocycles. The third-order valence-electron chi connectivity index (χ3n) is 3.05. The van der Waals surface area contributed by atoms with Crippen molar-refractivity contribution < 1.29 is 9.53 Å². The summed E-state index contributed by atoms with van der Waals surface area (Å²) in [4.78, 5) is 15.2. The van der Waals surface area contributed by atoms with Gasteiger partial charge >= 0.3 is 6.03 Å². The summed E-state index contributed by atoms with van der Waals surface area (Å²) in [6.45, 7) is 3.06. The summed E-state index contributed by atoms with van der Waals surface area (Å²) in [6, 6.07) is 9.07. The van der Waals surface area contributed by atoms with Crippen molar-refractivity contribution in [2.75, 3.05) is 19.0 Å². The quantitative estimate of drug-likeness (QED) is 0.743. The molecule has 7 heteroatoms. The molecule has 0 saturated heterocycles. The van der Waals surface area contributed by atoms with Gasteiger partial charge in [0.15, 0.2) is 0 Å². The van der Waals surface area contributed by atoms with Gasteiger partial charge in [-0.2, -0.15) is 0 Å². The van der Waals surface area contributed by atoms with E-state index >= 15 is 0 Å². The Balaban J connectivity index is 2.10. The SMILES string of the molecule is CCN(Cc1ccc(Cl)s1)C(=O)Nc1cc(Br)ccc1OC. The van der Waals surface area contributed by atoms with Crippen molar-refractivity contribution in [3.05, 3.63) is 44.0 Å². The lowest BCUT2D eigenvalue weighted by Gasteiger charge is -2.21. The van der Waals surface area contributed by atoms with Crippen LogP contribution in [0.1, 0.15) is 11.8 Å². The molecule has 22 heavy (non-hydrogen) atoms. The zero-order valence-corrected chi connectivity index (χ0v) is 15.4. The lowest BCUT2D eigenvalue weighted by Crippen LogP contribution is -2.34. The second-order valence-corrected chi connectivity index (χ2v) is 7.21. The number of rotatable bonds is 5. The van der Waals surface area contributed by atoms with Gasteiger partial charge in [0.05, 0.1) is 23.7 Å². The minimum absolute atomic E-state index is 0.177. The number of carbonyl (C=O) groups excluding carboxylic acids is 1. The highest BCUT2D eigenvalue weighted by molar-refractivity contribution is 9.10. The average Bonchev–Trinajstić information content (AvgIpc) is 2.90. The lowest BCUT2D eigenvalue weighted by atomic mass is 10.3. The van der Waals surface area contributed by atoms with Crippen molar-refractivity contribution in [1.82, 2.24) is 4.90 Å². The molecule has 0 aliphatic heterocycles. The van der Waals surface area contributed by atoms with E-state index in [2.05, 4.69) is 21.2 Å². The Morgan fingerprint density at radius 3 is 2.77 bits per heavy atom. The standard InChI is InChI=1S/C15H16BrClN2O2S/c1-3-19(9-11-5-7-14(17)22-11)15(20)18-12-8-10(16)4-6-13(12)21-2/h4-8H,3,9H2,1-2H3,(H,18,20). The van der Waals surface area contributed by atoms with E-state index in [1.807, 2.05) is 31.2 Å². The molecule has 0 fully saturated rings. The van der Waals surface area contributed by atoms with E-state index in [-0.39, 0.29) is 6.03 Å². The van der Waals surface area contributed by atoms with E-state index in [4.69, 9.17) is 16.3 Å². The fourth-order valence-corrected chi connectivity index (χ4v) is 3.39. The number of methoxy groups -OCH3 is 1. The largest absolute Gasteiger partial charge is 0.495 e. The van der Waals surface area contributed by atoms with Gasteiger partial charge < -0.3 is 15.0 Å². The van der Waals surface area contributed by atoms with E-state index in [1.165, 1.54) is 11.3 Å². The van der Waals surface area contributed by atoms with Gasteiger partial charge in [0.25, 0.3) is 0 Å². The van der Waals surface area contributed by atoms with E-state index in [9.17, 15) is 4.79 Å². The number of amides is 2. The van der Waals surface area contributed by atoms with Crippen LogP contribution in [0.25, 0.3) is 0 Å². The highest BCUT2D eigenvalue weighted by Gasteiger charge is 2.15. The van der Waals surface area contributed by atoms with Crippen LogP contribution in [0.2, 0.25) is 4.34 Å². The fraction of sp³-hybridized carbons (Fsp3) is 0.267. The maximum absolute atomic E-state index is 12.4. The lowest BCUT2D eigenvalue weighted by molar-refractivity contribution is 0.212. The van der Waals surface area contributed by atoms with Gasteiger partial charge in [-0.25, -0.2) is 4.79 Å². The van der Waals surface area contributed by atoms with Crippen molar-refractivity contribution in [1.29, 1.82) is 0 Å². The minimum Gasteiger partial charge on any atom is -0.495 e. The molecule has 0 aliphatic carbocycles. The minimum atomic E-state index is -0.177. The number of hydrogen-bond donors (Lipinski definition) is 1. The smallest absolute Gasteiger partial charge is 0.322 e. The van der Waals surface area contributed by atoms with E-state index < -0.39 is 0 Å². The fourth-order valence-electron chi connectivity index (χ4n) is 1.92. The maximum Gasteiger partial charge on any atom is 0.322 e. The number of nitrogens with one attached hydrogen (secondary N) is 1. The summed E-state index contributed by atoms with van der Waals surface area (Å²) in [5.74, 6) is 0.617. The number of urea groups is 1. The third kappa shape index (κ3) is 4.38. The van der Waals surface area contributed by atoms with Gasteiger partial charge in [-0.1, -0.05) is 27.5 Å². The first kappa shape index (κ1) is 17.1. The van der Waals surface area contributed by atoms with Crippen LogP contribution in [0.5, 0.6) is 5.75 Å². The maximum atomic E-state index is 12.4. The molecule has 0 bridgehead atoms. The number of ether oxygens (including phenoxy) is 1. The number of benzene rings is 1. The summed E-state index contributed by atoms with van der Waals surface area (Å²) in [5.41, 5.74) is 0.629.